The highest BCUT2D eigenvalue weighted by Gasteiger charge is 2.36. The van der Waals surface area contributed by atoms with Gasteiger partial charge in [0.25, 0.3) is 11.1 Å². The van der Waals surface area contributed by atoms with Gasteiger partial charge >= 0.3 is 5.63 Å². The summed E-state index contributed by atoms with van der Waals surface area (Å²) in [7, 11) is 0. The maximum Gasteiger partial charge on any atom is 0.336 e. The van der Waals surface area contributed by atoms with Crippen molar-refractivity contribution in [3.63, 3.8) is 0 Å². The smallest absolute Gasteiger partial charge is 0.336 e. The summed E-state index contributed by atoms with van der Waals surface area (Å²) in [5, 5.41) is 2.72. The monoisotopic (exact) mass is 438 g/mol. The molecule has 156 valence electrons. The Balaban J connectivity index is 1.48. The van der Waals surface area contributed by atoms with Crippen LogP contribution in [-0.4, -0.2) is 28.5 Å². The molecule has 1 N–H and O–H groups in total. The van der Waals surface area contributed by atoms with Gasteiger partial charge in [0.2, 0.25) is 5.91 Å². The second-order valence-corrected chi connectivity index (χ2v) is 7.82. The van der Waals surface area contributed by atoms with E-state index in [1.807, 2.05) is 0 Å². The van der Waals surface area contributed by atoms with Crippen molar-refractivity contribution in [3.8, 4) is 0 Å². The number of rotatable bonds is 4. The molecule has 3 amide bonds. The molecule has 9 heteroatoms. The fourth-order valence-electron chi connectivity index (χ4n) is 3.13. The van der Waals surface area contributed by atoms with E-state index in [9.17, 15) is 23.6 Å². The van der Waals surface area contributed by atoms with Crippen molar-refractivity contribution >= 4 is 51.5 Å². The van der Waals surface area contributed by atoms with Gasteiger partial charge in [-0.05, 0) is 60.2 Å². The molecule has 7 nitrogen and oxygen atoms in total. The van der Waals surface area contributed by atoms with E-state index in [-0.39, 0.29) is 4.91 Å². The van der Waals surface area contributed by atoms with E-state index in [1.165, 1.54) is 36.4 Å². The van der Waals surface area contributed by atoms with Crippen molar-refractivity contribution in [1.82, 2.24) is 4.90 Å². The van der Waals surface area contributed by atoms with Crippen LogP contribution >= 0.6 is 11.8 Å². The van der Waals surface area contributed by atoms with Crippen LogP contribution in [0.3, 0.4) is 0 Å². The summed E-state index contributed by atoms with van der Waals surface area (Å²) in [6, 6.07) is 11.8. The Morgan fingerprint density at radius 1 is 1.16 bits per heavy atom. The largest absolute Gasteiger partial charge is 0.423 e. The molecular weight excluding hydrogens is 423 g/mol. The fourth-order valence-corrected chi connectivity index (χ4v) is 3.97. The Hall–Kier alpha value is -3.72. The van der Waals surface area contributed by atoms with Crippen molar-refractivity contribution < 1.29 is 23.2 Å². The Morgan fingerprint density at radius 3 is 2.74 bits per heavy atom. The van der Waals surface area contributed by atoms with Gasteiger partial charge in [0, 0.05) is 23.2 Å². The molecule has 0 spiro atoms. The van der Waals surface area contributed by atoms with E-state index < -0.39 is 35.0 Å². The van der Waals surface area contributed by atoms with Crippen molar-refractivity contribution in [1.29, 1.82) is 0 Å². The van der Waals surface area contributed by atoms with Gasteiger partial charge < -0.3 is 9.73 Å². The zero-order valence-corrected chi connectivity index (χ0v) is 17.0. The highest BCUT2D eigenvalue weighted by Crippen LogP contribution is 2.32. The predicted molar refractivity (Wildman–Crippen MR) is 115 cm³/mol. The number of fused-ring (bicyclic) bond motifs is 1. The lowest BCUT2D eigenvalue weighted by Crippen LogP contribution is -2.36. The van der Waals surface area contributed by atoms with Crippen LogP contribution in [0.2, 0.25) is 0 Å². The standard InChI is InChI=1S/C22H15FN2O5S/c1-12-7-20(27)30-17-10-15(5-6-16(12)17)24-19(26)11-25-21(28)18(31-22(25)29)9-13-3-2-4-14(23)8-13/h2-10H,11H2,1H3,(H,24,26)/b18-9-. The molecule has 31 heavy (non-hydrogen) atoms. The molecule has 1 aliphatic rings. The maximum absolute atomic E-state index is 13.3. The Labute approximate surface area is 179 Å². The zero-order valence-electron chi connectivity index (χ0n) is 16.2. The third-order valence-corrected chi connectivity index (χ3v) is 5.46. The molecule has 2 heterocycles. The number of hydrogen-bond donors (Lipinski definition) is 1. The molecule has 0 atom stereocenters. The molecule has 1 aliphatic heterocycles. The summed E-state index contributed by atoms with van der Waals surface area (Å²) >= 11 is 0.682. The topological polar surface area (TPSA) is 96.7 Å². The number of nitrogens with zero attached hydrogens (tertiary/aromatic N) is 1. The Kier molecular flexibility index (Phi) is 5.43. The highest BCUT2D eigenvalue weighted by atomic mass is 32.2. The first-order valence-corrected chi connectivity index (χ1v) is 9.97. The predicted octanol–water partition coefficient (Wildman–Crippen LogP) is 3.92. The molecule has 2 aromatic carbocycles. The number of benzene rings is 2. The van der Waals surface area contributed by atoms with Crippen molar-refractivity contribution in [2.24, 2.45) is 0 Å². The highest BCUT2D eigenvalue weighted by molar-refractivity contribution is 8.18. The van der Waals surface area contributed by atoms with Gasteiger partial charge in [-0.3, -0.25) is 19.3 Å². The number of nitrogens with one attached hydrogen (secondary N) is 1. The minimum absolute atomic E-state index is 0.103. The molecule has 0 bridgehead atoms. The van der Waals surface area contributed by atoms with Gasteiger partial charge in [0.05, 0.1) is 4.91 Å². The molecule has 1 fully saturated rings. The van der Waals surface area contributed by atoms with E-state index in [0.717, 1.165) is 15.8 Å². The number of thioether (sulfide) groups is 1. The average molecular weight is 438 g/mol. The molecular formula is C22H15FN2O5S. The van der Waals surface area contributed by atoms with Gasteiger partial charge in [-0.1, -0.05) is 12.1 Å². The van der Waals surface area contributed by atoms with Crippen LogP contribution < -0.4 is 10.9 Å². The van der Waals surface area contributed by atoms with E-state index in [2.05, 4.69) is 5.32 Å². The molecule has 0 unspecified atom stereocenters. The van der Waals surface area contributed by atoms with Crippen LogP contribution in [-0.2, 0) is 9.59 Å². The first-order valence-electron chi connectivity index (χ1n) is 9.15. The number of carbonyl (C=O) groups excluding carboxylic acids is 3. The quantitative estimate of drug-likeness (QED) is 0.490. The number of imide groups is 1. The molecule has 4 rings (SSSR count). The molecule has 0 radical (unpaired) electrons. The fraction of sp³-hybridized carbons (Fsp3) is 0.0909. The van der Waals surface area contributed by atoms with Crippen LogP contribution in [0.4, 0.5) is 14.9 Å². The summed E-state index contributed by atoms with van der Waals surface area (Å²) < 4.78 is 18.5. The second-order valence-electron chi connectivity index (χ2n) is 6.83. The van der Waals surface area contributed by atoms with Gasteiger partial charge in [0.1, 0.15) is 17.9 Å². The average Bonchev–Trinajstić information content (AvgIpc) is 2.95. The number of hydrogen-bond acceptors (Lipinski definition) is 6. The van der Waals surface area contributed by atoms with Gasteiger partial charge in [-0.25, -0.2) is 9.18 Å². The second kappa shape index (κ2) is 8.19. The van der Waals surface area contributed by atoms with Crippen LogP contribution in [0.5, 0.6) is 0 Å². The molecule has 1 aromatic heterocycles. The third-order valence-electron chi connectivity index (χ3n) is 4.56. The van der Waals surface area contributed by atoms with Gasteiger partial charge in [-0.2, -0.15) is 0 Å². The summed E-state index contributed by atoms with van der Waals surface area (Å²) in [4.78, 5) is 49.6. The number of carbonyl (C=O) groups is 3. The lowest BCUT2D eigenvalue weighted by molar-refractivity contribution is -0.127. The number of amides is 3. The van der Waals surface area contributed by atoms with E-state index in [1.54, 1.807) is 25.1 Å². The third kappa shape index (κ3) is 4.41. The summed E-state index contributed by atoms with van der Waals surface area (Å²) in [6.07, 6.45) is 1.40. The van der Waals surface area contributed by atoms with E-state index in [0.29, 0.717) is 28.6 Å². The summed E-state index contributed by atoms with van der Waals surface area (Å²) in [6.45, 7) is 1.29. The van der Waals surface area contributed by atoms with Crippen LogP contribution in [0.25, 0.3) is 17.0 Å². The van der Waals surface area contributed by atoms with Crippen LogP contribution in [0, 0.1) is 12.7 Å². The summed E-state index contributed by atoms with van der Waals surface area (Å²) in [5.41, 5.74) is 1.34. The van der Waals surface area contributed by atoms with Crippen molar-refractivity contribution in [2.45, 2.75) is 6.92 Å². The minimum atomic E-state index is -0.630. The van der Waals surface area contributed by atoms with E-state index >= 15 is 0 Å². The molecule has 3 aromatic rings. The normalized spacial score (nSPS) is 15.2. The Bertz CT molecular complexity index is 1330. The molecule has 0 aliphatic carbocycles. The first-order chi connectivity index (χ1) is 14.8. The van der Waals surface area contributed by atoms with Crippen molar-refractivity contribution in [3.05, 3.63) is 80.8 Å². The Morgan fingerprint density at radius 2 is 1.97 bits per heavy atom. The zero-order chi connectivity index (χ0) is 22.1. The van der Waals surface area contributed by atoms with Crippen LogP contribution in [0.1, 0.15) is 11.1 Å². The SMILES string of the molecule is Cc1cc(=O)oc2cc(NC(=O)CN3C(=O)S/C(=C\c4cccc(F)c4)C3=O)ccc12. The van der Waals surface area contributed by atoms with Gasteiger partial charge in [0.15, 0.2) is 0 Å². The molecule has 0 saturated carbocycles. The summed E-state index contributed by atoms with van der Waals surface area (Å²) in [5.74, 6) is -1.69. The van der Waals surface area contributed by atoms with E-state index in [4.69, 9.17) is 4.42 Å². The number of halogens is 1. The first kappa shape index (κ1) is 20.5. The number of anilines is 1. The van der Waals surface area contributed by atoms with Gasteiger partial charge in [-0.15, -0.1) is 0 Å². The minimum Gasteiger partial charge on any atom is -0.423 e. The van der Waals surface area contributed by atoms with Crippen LogP contribution in [0.15, 0.2) is 62.6 Å². The number of aryl methyl sites for hydroxylation is 1. The molecule has 1 saturated heterocycles. The lowest BCUT2D eigenvalue weighted by atomic mass is 10.1. The van der Waals surface area contributed by atoms with Crippen molar-refractivity contribution in [2.75, 3.05) is 11.9 Å². The maximum atomic E-state index is 13.3. The lowest BCUT2D eigenvalue weighted by Gasteiger charge is -2.12.